The van der Waals surface area contributed by atoms with E-state index in [-0.39, 0.29) is 29.8 Å². The lowest BCUT2D eigenvalue weighted by Gasteiger charge is -2.43. The predicted molar refractivity (Wildman–Crippen MR) is 147 cm³/mol. The summed E-state index contributed by atoms with van der Waals surface area (Å²) in [5.41, 5.74) is 2.90. The minimum absolute atomic E-state index is 0.128. The second-order valence-corrected chi connectivity index (χ2v) is 11.2. The van der Waals surface area contributed by atoms with Gasteiger partial charge in [0.2, 0.25) is 11.8 Å². The van der Waals surface area contributed by atoms with Crippen LogP contribution in [-0.2, 0) is 9.59 Å². The van der Waals surface area contributed by atoms with Crippen LogP contribution in [0.4, 0.5) is 15.8 Å². The maximum atomic E-state index is 13.7. The van der Waals surface area contributed by atoms with Crippen molar-refractivity contribution in [2.45, 2.75) is 63.6 Å². The lowest BCUT2D eigenvalue weighted by Crippen LogP contribution is -2.54. The number of para-hydroxylation sites is 1. The van der Waals surface area contributed by atoms with Gasteiger partial charge in [-0.2, -0.15) is 0 Å². The summed E-state index contributed by atoms with van der Waals surface area (Å²) in [6.45, 7) is 6.91. The number of ether oxygens (including phenoxy) is 2. The first-order chi connectivity index (χ1) is 18.9. The minimum Gasteiger partial charge on any atom is -0.490 e. The van der Waals surface area contributed by atoms with E-state index in [0.717, 1.165) is 74.6 Å². The van der Waals surface area contributed by atoms with Gasteiger partial charge in [0.05, 0.1) is 17.9 Å². The number of amides is 2. The van der Waals surface area contributed by atoms with E-state index in [0.29, 0.717) is 37.8 Å². The maximum absolute atomic E-state index is 13.7. The van der Waals surface area contributed by atoms with Crippen molar-refractivity contribution >= 4 is 23.2 Å². The first-order valence-electron chi connectivity index (χ1n) is 14.2. The van der Waals surface area contributed by atoms with E-state index < -0.39 is 0 Å². The summed E-state index contributed by atoms with van der Waals surface area (Å²) in [6.07, 6.45) is 5.08. The van der Waals surface area contributed by atoms with Gasteiger partial charge < -0.3 is 19.3 Å². The van der Waals surface area contributed by atoms with Gasteiger partial charge in [-0.05, 0) is 68.9 Å². The molecular weight excluding hydrogens is 499 g/mol. The average molecular weight is 537 g/mol. The molecule has 3 fully saturated rings. The monoisotopic (exact) mass is 536 g/mol. The third kappa shape index (κ3) is 5.55. The van der Waals surface area contributed by atoms with Crippen LogP contribution in [0.3, 0.4) is 0 Å². The Kier molecular flexibility index (Phi) is 7.34. The van der Waals surface area contributed by atoms with Crippen LogP contribution in [0.1, 0.15) is 44.1 Å². The van der Waals surface area contributed by atoms with Crippen LogP contribution in [0.5, 0.6) is 11.5 Å². The summed E-state index contributed by atoms with van der Waals surface area (Å²) in [7, 11) is 0. The number of likely N-dealkylation sites (tertiary alicyclic amines) is 1. The summed E-state index contributed by atoms with van der Waals surface area (Å²) in [4.78, 5) is 31.3. The summed E-state index contributed by atoms with van der Waals surface area (Å²) < 4.78 is 26.0. The van der Waals surface area contributed by atoms with Crippen LogP contribution < -0.4 is 24.6 Å². The number of carbonyl (C=O) groups is 2. The Morgan fingerprint density at radius 2 is 1.72 bits per heavy atom. The fourth-order valence-corrected chi connectivity index (χ4v) is 6.60. The molecule has 9 heteroatoms. The molecule has 0 bridgehead atoms. The van der Waals surface area contributed by atoms with E-state index >= 15 is 0 Å². The van der Waals surface area contributed by atoms with Crippen LogP contribution in [-0.4, -0.2) is 74.2 Å². The molecule has 8 nitrogen and oxygen atoms in total. The molecule has 2 aromatic carbocycles. The molecule has 0 saturated carbocycles. The van der Waals surface area contributed by atoms with Crippen molar-refractivity contribution < 1.29 is 23.5 Å². The second kappa shape index (κ2) is 11.0. The number of nitrogens with zero attached hydrogens (tertiary/aromatic N) is 3. The highest BCUT2D eigenvalue weighted by atomic mass is 19.1. The Bertz CT molecular complexity index is 1200. The molecule has 4 aliphatic rings. The van der Waals surface area contributed by atoms with Crippen molar-refractivity contribution in [2.24, 2.45) is 0 Å². The molecule has 208 valence electrons. The Morgan fingerprint density at radius 1 is 0.949 bits per heavy atom. The van der Waals surface area contributed by atoms with Crippen molar-refractivity contribution in [3.05, 3.63) is 47.8 Å². The van der Waals surface area contributed by atoms with Crippen molar-refractivity contribution in [3.8, 4) is 11.5 Å². The molecule has 0 radical (unpaired) electrons. The number of benzene rings is 2. The largest absolute Gasteiger partial charge is 0.490 e. The van der Waals surface area contributed by atoms with Gasteiger partial charge >= 0.3 is 0 Å². The standard InChI is InChI=1S/C30H37FN4O4/c1-20-17-21(31)19-24(18-20)39-23-9-13-33(14-10-23)22-7-11-34(12-8-22)25-3-2-4-26-29(25)38-16-15-35(26)27-5-6-28(36)32-30(27)37/h2-4,17-19,22-23,27H,5-16H2,1H3,(H,32,36,37). The molecule has 2 aromatic rings. The normalized spacial score (nSPS) is 23.3. The lowest BCUT2D eigenvalue weighted by atomic mass is 9.98. The Hall–Kier alpha value is -3.33. The van der Waals surface area contributed by atoms with E-state index in [1.165, 1.54) is 12.1 Å². The number of piperidine rings is 3. The summed E-state index contributed by atoms with van der Waals surface area (Å²) >= 11 is 0. The first kappa shape index (κ1) is 25.9. The van der Waals surface area contributed by atoms with Crippen LogP contribution in [0.25, 0.3) is 0 Å². The van der Waals surface area contributed by atoms with Gasteiger partial charge in [0, 0.05) is 44.7 Å². The number of anilines is 2. The van der Waals surface area contributed by atoms with Crippen molar-refractivity contribution in [2.75, 3.05) is 49.1 Å². The average Bonchev–Trinajstić information content (AvgIpc) is 2.93. The van der Waals surface area contributed by atoms with Crippen molar-refractivity contribution in [3.63, 3.8) is 0 Å². The van der Waals surface area contributed by atoms with Crippen LogP contribution in [0.15, 0.2) is 36.4 Å². The summed E-state index contributed by atoms with van der Waals surface area (Å²) in [5, 5.41) is 2.49. The molecule has 0 spiro atoms. The quantitative estimate of drug-likeness (QED) is 0.585. The SMILES string of the molecule is Cc1cc(F)cc(OC2CCN(C3CCN(c4cccc5c4OCCN5C4CCC(=O)NC4=O)CC3)CC2)c1. The zero-order valence-electron chi connectivity index (χ0n) is 22.5. The van der Waals surface area contributed by atoms with Crippen LogP contribution >= 0.6 is 0 Å². The Labute approximate surface area is 229 Å². The number of nitrogens with one attached hydrogen (secondary N) is 1. The Balaban J connectivity index is 1.05. The fraction of sp³-hybridized carbons (Fsp3) is 0.533. The molecule has 1 N–H and O–H groups in total. The molecule has 0 aromatic heterocycles. The zero-order chi connectivity index (χ0) is 26.9. The zero-order valence-corrected chi connectivity index (χ0v) is 22.5. The third-order valence-corrected chi connectivity index (χ3v) is 8.56. The number of carbonyl (C=O) groups excluding carboxylic acids is 2. The highest BCUT2D eigenvalue weighted by Gasteiger charge is 2.36. The molecule has 4 heterocycles. The molecule has 1 atom stereocenters. The highest BCUT2D eigenvalue weighted by molar-refractivity contribution is 6.02. The van der Waals surface area contributed by atoms with E-state index in [9.17, 15) is 14.0 Å². The number of imide groups is 1. The second-order valence-electron chi connectivity index (χ2n) is 11.2. The number of hydrogen-bond donors (Lipinski definition) is 1. The first-order valence-corrected chi connectivity index (χ1v) is 14.2. The van der Waals surface area contributed by atoms with Gasteiger partial charge in [0.25, 0.3) is 0 Å². The van der Waals surface area contributed by atoms with Gasteiger partial charge in [0.15, 0.2) is 5.75 Å². The van der Waals surface area contributed by atoms with E-state index in [1.807, 2.05) is 25.1 Å². The predicted octanol–water partition coefficient (Wildman–Crippen LogP) is 3.65. The Morgan fingerprint density at radius 3 is 2.46 bits per heavy atom. The highest BCUT2D eigenvalue weighted by Crippen LogP contribution is 2.42. The molecule has 4 aliphatic heterocycles. The van der Waals surface area contributed by atoms with E-state index in [4.69, 9.17) is 9.47 Å². The third-order valence-electron chi connectivity index (χ3n) is 8.56. The van der Waals surface area contributed by atoms with Crippen molar-refractivity contribution in [1.82, 2.24) is 10.2 Å². The van der Waals surface area contributed by atoms with Gasteiger partial charge in [-0.15, -0.1) is 0 Å². The number of rotatable bonds is 5. The molecule has 39 heavy (non-hydrogen) atoms. The van der Waals surface area contributed by atoms with Gasteiger partial charge in [-0.3, -0.25) is 19.8 Å². The number of aryl methyl sites for hydroxylation is 1. The number of halogens is 1. The van der Waals surface area contributed by atoms with Gasteiger partial charge in [-0.1, -0.05) is 6.07 Å². The smallest absolute Gasteiger partial charge is 0.249 e. The fourth-order valence-electron chi connectivity index (χ4n) is 6.60. The minimum atomic E-state index is -0.344. The van der Waals surface area contributed by atoms with E-state index in [2.05, 4.69) is 26.1 Å². The topological polar surface area (TPSA) is 74.3 Å². The van der Waals surface area contributed by atoms with Crippen molar-refractivity contribution in [1.29, 1.82) is 0 Å². The molecule has 2 amide bonds. The van der Waals surface area contributed by atoms with Crippen LogP contribution in [0.2, 0.25) is 0 Å². The van der Waals surface area contributed by atoms with Gasteiger partial charge in [0.1, 0.15) is 30.3 Å². The molecule has 3 saturated heterocycles. The number of hydrogen-bond acceptors (Lipinski definition) is 7. The summed E-state index contributed by atoms with van der Waals surface area (Å²) in [5.74, 6) is 0.814. The van der Waals surface area contributed by atoms with Gasteiger partial charge in [-0.25, -0.2) is 4.39 Å². The molecule has 6 rings (SSSR count). The molecule has 1 unspecified atom stereocenters. The lowest BCUT2D eigenvalue weighted by molar-refractivity contribution is -0.134. The maximum Gasteiger partial charge on any atom is 0.249 e. The van der Waals surface area contributed by atoms with E-state index in [1.54, 1.807) is 0 Å². The molecule has 0 aliphatic carbocycles. The number of fused-ring (bicyclic) bond motifs is 1. The summed E-state index contributed by atoms with van der Waals surface area (Å²) in [6, 6.07) is 11.3. The van der Waals surface area contributed by atoms with Crippen LogP contribution in [0, 0.1) is 12.7 Å². The molecular formula is C30H37FN4O4.